The van der Waals surface area contributed by atoms with Crippen molar-refractivity contribution < 1.29 is 0 Å². The van der Waals surface area contributed by atoms with Gasteiger partial charge in [0.1, 0.15) is 0 Å². The summed E-state index contributed by atoms with van der Waals surface area (Å²) in [6.45, 7) is 27.4. The van der Waals surface area contributed by atoms with Gasteiger partial charge < -0.3 is 9.13 Å². The van der Waals surface area contributed by atoms with Crippen molar-refractivity contribution in [1.82, 2.24) is 19.1 Å². The molecule has 0 radical (unpaired) electrons. The van der Waals surface area contributed by atoms with Gasteiger partial charge >= 0.3 is 0 Å². The molecule has 8 bridgehead atoms. The first-order chi connectivity index (χ1) is 25.1. The van der Waals surface area contributed by atoms with Crippen LogP contribution in [0.5, 0.6) is 0 Å². The Labute approximate surface area is 338 Å². The highest BCUT2D eigenvalue weighted by molar-refractivity contribution is 9.11. The number of fused-ring (bicyclic) bond motifs is 8. The van der Waals surface area contributed by atoms with Crippen LogP contribution in [-0.2, 0) is 21.7 Å². The number of nitrogens with zero attached hydrogens (tertiary/aromatic N) is 4. The topological polar surface area (TPSA) is 35.6 Å². The predicted molar refractivity (Wildman–Crippen MR) is 239 cm³/mol. The lowest BCUT2D eigenvalue weighted by atomic mass is 9.80. The number of aromatic nitrogens is 4. The van der Waals surface area contributed by atoms with Gasteiger partial charge in [0.05, 0.1) is 42.8 Å². The third-order valence-electron chi connectivity index (χ3n) is 10.5. The fraction of sp³-hybridized carbons (Fsp3) is 0.333. The minimum Gasteiger partial charge on any atom is -0.309 e. The quantitative estimate of drug-likeness (QED) is 0.174. The fourth-order valence-corrected chi connectivity index (χ4v) is 8.05. The zero-order chi connectivity index (χ0) is 39.1. The van der Waals surface area contributed by atoms with Crippen LogP contribution in [0.15, 0.2) is 81.7 Å². The van der Waals surface area contributed by atoms with Crippen LogP contribution in [0.3, 0.4) is 0 Å². The molecule has 54 heavy (non-hydrogen) atoms. The Morgan fingerprint density at radius 1 is 0.407 bits per heavy atom. The maximum atomic E-state index is 5.21. The summed E-state index contributed by atoms with van der Waals surface area (Å²) in [6, 6.07) is 27.2. The Bertz CT molecular complexity index is 2310. The highest BCUT2D eigenvalue weighted by Gasteiger charge is 2.24. The Hall–Kier alpha value is -4.00. The Morgan fingerprint density at radius 3 is 1.02 bits per heavy atom. The van der Waals surface area contributed by atoms with Gasteiger partial charge in [-0.25, -0.2) is 9.97 Å². The second-order valence-corrected chi connectivity index (χ2v) is 20.5. The summed E-state index contributed by atoms with van der Waals surface area (Å²) in [5.74, 6) is 0. The van der Waals surface area contributed by atoms with Gasteiger partial charge in [0.2, 0.25) is 0 Å². The van der Waals surface area contributed by atoms with E-state index in [4.69, 9.17) is 9.97 Å². The SMILES string of the molecule is CC(C)(C)c1cc(-n2c3ccc2c(Br)c2nc(cc4ccc(c(Br)c5nc(c3)C=C5)n4-c3cc(C(C)(C)C)cc(C(C)(C)C)c3)C=C2)cc(C(C)(C)C)c1. The standard InChI is InChI=1S/C48H52Br2N4/c1-45(2,3)29-21-30(46(4,5)6)24-37(23-29)53-35-15-19-41(53)43(49)39-17-14-34(52-39)28-36-16-20-42(44(50)40-18-13-33(27-35)51-40)54(36)38-25-31(47(7,8)9)22-32(26-38)48(10,11)12/h13-28H,1-12H3. The number of hydrogen-bond acceptors (Lipinski definition) is 2. The molecule has 3 aromatic heterocycles. The summed E-state index contributed by atoms with van der Waals surface area (Å²) >= 11 is 8.10. The molecule has 2 aromatic carbocycles. The first-order valence-electron chi connectivity index (χ1n) is 18.9. The Morgan fingerprint density at radius 2 is 0.722 bits per heavy atom. The molecule has 0 saturated carbocycles. The summed E-state index contributed by atoms with van der Waals surface area (Å²) in [5, 5.41) is 0. The van der Waals surface area contributed by atoms with E-state index in [1.165, 1.54) is 22.3 Å². The van der Waals surface area contributed by atoms with E-state index in [-0.39, 0.29) is 21.7 Å². The lowest BCUT2D eigenvalue weighted by molar-refractivity contribution is 0.567. The molecule has 4 nitrogen and oxygen atoms in total. The molecule has 2 aliphatic rings. The lowest BCUT2D eigenvalue weighted by Gasteiger charge is -2.26. The number of halogens is 2. The lowest BCUT2D eigenvalue weighted by Crippen LogP contribution is -2.17. The molecule has 7 rings (SSSR count). The molecule has 0 amide bonds. The second-order valence-electron chi connectivity index (χ2n) is 18.9. The highest BCUT2D eigenvalue weighted by atomic mass is 79.9. The summed E-state index contributed by atoms with van der Waals surface area (Å²) in [7, 11) is 0. The van der Waals surface area contributed by atoms with Gasteiger partial charge in [-0.2, -0.15) is 0 Å². The summed E-state index contributed by atoms with van der Waals surface area (Å²) in [6.07, 6.45) is 8.44. The third kappa shape index (κ3) is 7.36. The van der Waals surface area contributed by atoms with E-state index in [1.54, 1.807) is 0 Å². The molecule has 0 unspecified atom stereocenters. The zero-order valence-electron chi connectivity index (χ0n) is 33.8. The van der Waals surface area contributed by atoms with Crippen LogP contribution >= 0.6 is 31.9 Å². The van der Waals surface area contributed by atoms with Crippen molar-refractivity contribution in [3.63, 3.8) is 0 Å². The maximum Gasteiger partial charge on any atom is 0.0801 e. The molecule has 0 spiro atoms. The van der Waals surface area contributed by atoms with E-state index < -0.39 is 0 Å². The molecule has 0 atom stereocenters. The van der Waals surface area contributed by atoms with E-state index in [2.05, 4.69) is 221 Å². The Kier molecular flexibility index (Phi) is 9.46. The smallest absolute Gasteiger partial charge is 0.0801 e. The van der Waals surface area contributed by atoms with Crippen LogP contribution in [0.2, 0.25) is 0 Å². The third-order valence-corrected chi connectivity index (χ3v) is 12.1. The van der Waals surface area contributed by atoms with Gasteiger partial charge in [0, 0.05) is 22.4 Å². The van der Waals surface area contributed by atoms with Crippen LogP contribution in [0.1, 0.15) is 128 Å². The van der Waals surface area contributed by atoms with Crippen LogP contribution in [0.4, 0.5) is 0 Å². The van der Waals surface area contributed by atoms with Crippen molar-refractivity contribution in [1.29, 1.82) is 0 Å². The fourth-order valence-electron chi connectivity index (χ4n) is 6.99. The molecule has 2 aliphatic heterocycles. The minimum absolute atomic E-state index is 0.0247. The molecule has 0 saturated heterocycles. The molecular weight excluding hydrogens is 792 g/mol. The Balaban J connectivity index is 1.59. The molecule has 5 heterocycles. The average Bonchev–Trinajstić information content (AvgIpc) is 3.89. The van der Waals surface area contributed by atoms with Crippen molar-refractivity contribution in [3.05, 3.63) is 127 Å². The van der Waals surface area contributed by atoms with Crippen LogP contribution in [0, 0.1) is 0 Å². The first-order valence-corrected chi connectivity index (χ1v) is 20.5. The van der Waals surface area contributed by atoms with E-state index >= 15 is 0 Å². The predicted octanol–water partition coefficient (Wildman–Crippen LogP) is 14.3. The molecular formula is C48H52Br2N4. The number of benzene rings is 2. The molecule has 0 aliphatic carbocycles. The van der Waals surface area contributed by atoms with E-state index in [0.29, 0.717) is 0 Å². The normalized spacial score (nSPS) is 13.6. The van der Waals surface area contributed by atoms with Crippen LogP contribution in [0.25, 0.3) is 57.7 Å². The summed E-state index contributed by atoms with van der Waals surface area (Å²) in [5.41, 5.74) is 15.0. The van der Waals surface area contributed by atoms with Gasteiger partial charge in [-0.05, 0) is 161 Å². The van der Waals surface area contributed by atoms with Crippen molar-refractivity contribution in [2.45, 2.75) is 105 Å². The van der Waals surface area contributed by atoms with Gasteiger partial charge in [-0.15, -0.1) is 0 Å². The van der Waals surface area contributed by atoms with E-state index in [9.17, 15) is 0 Å². The van der Waals surface area contributed by atoms with Gasteiger partial charge in [0.15, 0.2) is 0 Å². The summed E-state index contributed by atoms with van der Waals surface area (Å²) < 4.78 is 6.56. The number of hydrogen-bond donors (Lipinski definition) is 0. The molecule has 5 aromatic rings. The maximum absolute atomic E-state index is 5.21. The monoisotopic (exact) mass is 842 g/mol. The molecule has 0 N–H and O–H groups in total. The molecule has 0 fully saturated rings. The van der Waals surface area contributed by atoms with Crippen molar-refractivity contribution in [3.8, 4) is 11.4 Å². The van der Waals surface area contributed by atoms with Gasteiger partial charge in [0.25, 0.3) is 0 Å². The minimum atomic E-state index is -0.0247. The average molecular weight is 845 g/mol. The zero-order valence-corrected chi connectivity index (χ0v) is 37.0. The van der Waals surface area contributed by atoms with Gasteiger partial charge in [-0.3, -0.25) is 0 Å². The first kappa shape index (κ1) is 38.3. The van der Waals surface area contributed by atoms with Gasteiger partial charge in [-0.1, -0.05) is 95.2 Å². The highest BCUT2D eigenvalue weighted by Crippen LogP contribution is 2.38. The van der Waals surface area contributed by atoms with Crippen molar-refractivity contribution >= 4 is 78.2 Å². The molecule has 6 heteroatoms. The van der Waals surface area contributed by atoms with E-state index in [0.717, 1.165) is 65.2 Å². The van der Waals surface area contributed by atoms with Crippen molar-refractivity contribution in [2.75, 3.05) is 0 Å². The van der Waals surface area contributed by atoms with Crippen LogP contribution in [-0.4, -0.2) is 19.1 Å². The second kappa shape index (κ2) is 13.3. The van der Waals surface area contributed by atoms with Crippen LogP contribution < -0.4 is 0 Å². The summed E-state index contributed by atoms with van der Waals surface area (Å²) in [4.78, 5) is 10.4. The van der Waals surface area contributed by atoms with E-state index in [1.807, 2.05) is 0 Å². The van der Waals surface area contributed by atoms with Crippen molar-refractivity contribution in [2.24, 2.45) is 0 Å². The molecule has 278 valence electrons. The number of rotatable bonds is 2. The largest absolute Gasteiger partial charge is 0.309 e.